The van der Waals surface area contributed by atoms with Gasteiger partial charge in [-0.2, -0.15) is 5.26 Å². The fourth-order valence-corrected chi connectivity index (χ4v) is 3.59. The third-order valence-electron chi connectivity index (χ3n) is 4.17. The van der Waals surface area contributed by atoms with Crippen molar-refractivity contribution < 1.29 is 14.3 Å². The quantitative estimate of drug-likeness (QED) is 0.485. The smallest absolute Gasteiger partial charge is 0.340 e. The molecule has 146 valence electrons. The van der Waals surface area contributed by atoms with Crippen LogP contribution in [-0.2, 0) is 9.53 Å². The number of esters is 1. The van der Waals surface area contributed by atoms with Gasteiger partial charge in [-0.3, -0.25) is 4.79 Å². The molecule has 6 nitrogen and oxygen atoms in total. The van der Waals surface area contributed by atoms with Crippen LogP contribution in [0.2, 0.25) is 0 Å². The minimum absolute atomic E-state index is 0.0900. The van der Waals surface area contributed by atoms with Crippen molar-refractivity contribution in [2.45, 2.75) is 18.9 Å². The number of nitriles is 1. The van der Waals surface area contributed by atoms with E-state index in [1.54, 1.807) is 13.8 Å². The molecule has 0 radical (unpaired) electrons. The molecule has 1 amide bonds. The van der Waals surface area contributed by atoms with Gasteiger partial charge >= 0.3 is 5.97 Å². The minimum atomic E-state index is -0.514. The standard InChI is InChI=1S/C22H19N3O3S/c1-3-28-22(27)19-11-17(12-23)21(24-14(19)2)29-13-20(26)25-18-9-8-15-6-4-5-7-16(15)10-18/h4-11H,3,13H2,1-2H3,(H,25,26). The maximum Gasteiger partial charge on any atom is 0.340 e. The van der Waals surface area contributed by atoms with E-state index in [-0.39, 0.29) is 29.4 Å². The average molecular weight is 405 g/mol. The molecule has 29 heavy (non-hydrogen) atoms. The molecule has 1 N–H and O–H groups in total. The molecule has 1 aromatic heterocycles. The number of fused-ring (bicyclic) bond motifs is 1. The summed E-state index contributed by atoms with van der Waals surface area (Å²) in [5, 5.41) is 14.8. The molecule has 0 saturated heterocycles. The highest BCUT2D eigenvalue weighted by Crippen LogP contribution is 2.24. The molecule has 2 aromatic carbocycles. The van der Waals surface area contributed by atoms with Crippen LogP contribution in [0.1, 0.15) is 28.5 Å². The number of anilines is 1. The first-order valence-corrected chi connectivity index (χ1v) is 10.0. The van der Waals surface area contributed by atoms with Crippen LogP contribution in [0.25, 0.3) is 10.8 Å². The second kappa shape index (κ2) is 9.22. The largest absolute Gasteiger partial charge is 0.462 e. The van der Waals surface area contributed by atoms with Gasteiger partial charge in [-0.1, -0.05) is 42.1 Å². The Bertz CT molecular complexity index is 1120. The first-order chi connectivity index (χ1) is 14.0. The number of hydrogen-bond acceptors (Lipinski definition) is 6. The molecule has 0 saturated carbocycles. The molecule has 7 heteroatoms. The fourth-order valence-electron chi connectivity index (χ4n) is 2.79. The van der Waals surface area contributed by atoms with Crippen LogP contribution in [-0.4, -0.2) is 29.2 Å². The van der Waals surface area contributed by atoms with Crippen LogP contribution in [0.5, 0.6) is 0 Å². The summed E-state index contributed by atoms with van der Waals surface area (Å²) in [6.45, 7) is 3.63. The van der Waals surface area contributed by atoms with Crippen LogP contribution in [0.15, 0.2) is 53.6 Å². The molecule has 0 fully saturated rings. The van der Waals surface area contributed by atoms with Crippen molar-refractivity contribution in [1.29, 1.82) is 5.26 Å². The number of benzene rings is 2. The van der Waals surface area contributed by atoms with E-state index >= 15 is 0 Å². The van der Waals surface area contributed by atoms with Crippen LogP contribution in [0.3, 0.4) is 0 Å². The van der Waals surface area contributed by atoms with Crippen LogP contribution in [0, 0.1) is 18.3 Å². The van der Waals surface area contributed by atoms with E-state index in [1.807, 2.05) is 48.5 Å². The second-order valence-corrected chi connectivity index (χ2v) is 7.17. The average Bonchev–Trinajstić information content (AvgIpc) is 2.72. The lowest BCUT2D eigenvalue weighted by Gasteiger charge is -2.10. The number of rotatable bonds is 6. The van der Waals surface area contributed by atoms with Gasteiger partial charge in [0.25, 0.3) is 0 Å². The molecule has 0 spiro atoms. The lowest BCUT2D eigenvalue weighted by Crippen LogP contribution is -2.14. The Kier molecular flexibility index (Phi) is 6.47. The van der Waals surface area contributed by atoms with Crippen molar-refractivity contribution >= 4 is 40.1 Å². The summed E-state index contributed by atoms with van der Waals surface area (Å²) in [6.07, 6.45) is 0. The highest BCUT2D eigenvalue weighted by molar-refractivity contribution is 8.00. The summed E-state index contributed by atoms with van der Waals surface area (Å²) in [7, 11) is 0. The molecule has 3 rings (SSSR count). The first kappa shape index (κ1) is 20.4. The fraction of sp³-hybridized carbons (Fsp3) is 0.182. The highest BCUT2D eigenvalue weighted by Gasteiger charge is 2.17. The predicted molar refractivity (Wildman–Crippen MR) is 113 cm³/mol. The highest BCUT2D eigenvalue weighted by atomic mass is 32.2. The summed E-state index contributed by atoms with van der Waals surface area (Å²) in [6, 6.07) is 17.1. The van der Waals surface area contributed by atoms with Gasteiger partial charge in [0.05, 0.1) is 29.2 Å². The lowest BCUT2D eigenvalue weighted by atomic mass is 10.1. The zero-order valence-electron chi connectivity index (χ0n) is 16.1. The molecule has 0 bridgehead atoms. The zero-order chi connectivity index (χ0) is 20.8. The number of nitrogens with zero attached hydrogens (tertiary/aromatic N) is 2. The van der Waals surface area contributed by atoms with E-state index in [1.165, 1.54) is 6.07 Å². The van der Waals surface area contributed by atoms with Gasteiger partial charge in [0.2, 0.25) is 5.91 Å². The number of aryl methyl sites for hydroxylation is 1. The van der Waals surface area contributed by atoms with Crippen molar-refractivity contribution in [1.82, 2.24) is 4.98 Å². The summed E-state index contributed by atoms with van der Waals surface area (Å²) >= 11 is 1.15. The van der Waals surface area contributed by atoms with Crippen molar-refractivity contribution in [2.24, 2.45) is 0 Å². The van der Waals surface area contributed by atoms with Gasteiger partial charge in [-0.25, -0.2) is 9.78 Å². The molecular formula is C22H19N3O3S. The molecule has 0 aliphatic heterocycles. The van der Waals surface area contributed by atoms with E-state index in [0.29, 0.717) is 16.4 Å². The van der Waals surface area contributed by atoms with Crippen LogP contribution < -0.4 is 5.32 Å². The molecule has 0 atom stereocenters. The number of amides is 1. The van der Waals surface area contributed by atoms with Crippen molar-refractivity contribution in [3.63, 3.8) is 0 Å². The SMILES string of the molecule is CCOC(=O)c1cc(C#N)c(SCC(=O)Nc2ccc3ccccc3c2)nc1C. The van der Waals surface area contributed by atoms with Gasteiger partial charge in [-0.05, 0) is 42.8 Å². The second-order valence-electron chi connectivity index (χ2n) is 6.21. The van der Waals surface area contributed by atoms with Crippen LogP contribution in [0.4, 0.5) is 5.69 Å². The Hall–Kier alpha value is -3.37. The summed E-state index contributed by atoms with van der Waals surface area (Å²) in [5.74, 6) is -0.630. The molecule has 0 aliphatic carbocycles. The maximum absolute atomic E-state index is 12.4. The van der Waals surface area contributed by atoms with Gasteiger partial charge < -0.3 is 10.1 Å². The van der Waals surface area contributed by atoms with Gasteiger partial charge in [-0.15, -0.1) is 0 Å². The van der Waals surface area contributed by atoms with Gasteiger partial charge in [0.15, 0.2) is 0 Å². The summed E-state index contributed by atoms with van der Waals surface area (Å²) in [5.41, 5.74) is 1.66. The number of ether oxygens (including phenoxy) is 1. The summed E-state index contributed by atoms with van der Waals surface area (Å²) < 4.78 is 4.98. The lowest BCUT2D eigenvalue weighted by molar-refractivity contribution is -0.113. The van der Waals surface area contributed by atoms with Crippen molar-refractivity contribution in [3.8, 4) is 6.07 Å². The van der Waals surface area contributed by atoms with E-state index in [0.717, 1.165) is 22.5 Å². The van der Waals surface area contributed by atoms with Gasteiger partial charge in [0.1, 0.15) is 11.1 Å². The Morgan fingerprint density at radius 2 is 1.93 bits per heavy atom. The van der Waals surface area contributed by atoms with Crippen LogP contribution >= 0.6 is 11.8 Å². The summed E-state index contributed by atoms with van der Waals surface area (Å²) in [4.78, 5) is 28.6. The number of carbonyl (C=O) groups is 2. The normalized spacial score (nSPS) is 10.4. The number of nitrogens with one attached hydrogen (secondary N) is 1. The maximum atomic E-state index is 12.4. The van der Waals surface area contributed by atoms with Crippen molar-refractivity contribution in [3.05, 3.63) is 65.4 Å². The number of pyridine rings is 1. The third kappa shape index (κ3) is 4.92. The predicted octanol–water partition coefficient (Wildman–Crippen LogP) is 4.32. The zero-order valence-corrected chi connectivity index (χ0v) is 16.9. The Labute approximate surface area is 172 Å². The topological polar surface area (TPSA) is 92.1 Å². The number of hydrogen-bond donors (Lipinski definition) is 1. The first-order valence-electron chi connectivity index (χ1n) is 9.02. The number of carbonyl (C=O) groups excluding carboxylic acids is 2. The molecule has 0 aliphatic rings. The Morgan fingerprint density at radius 3 is 2.66 bits per heavy atom. The Morgan fingerprint density at radius 1 is 1.17 bits per heavy atom. The van der Waals surface area contributed by atoms with Crippen molar-refractivity contribution in [2.75, 3.05) is 17.7 Å². The number of aromatic nitrogens is 1. The van der Waals surface area contributed by atoms with Gasteiger partial charge in [0, 0.05) is 5.69 Å². The number of thioether (sulfide) groups is 1. The monoisotopic (exact) mass is 405 g/mol. The van der Waals surface area contributed by atoms with E-state index in [2.05, 4.69) is 10.3 Å². The van der Waals surface area contributed by atoms with E-state index in [9.17, 15) is 14.9 Å². The molecule has 1 heterocycles. The third-order valence-corrected chi connectivity index (χ3v) is 5.16. The van der Waals surface area contributed by atoms with E-state index < -0.39 is 5.97 Å². The minimum Gasteiger partial charge on any atom is -0.462 e. The molecule has 0 unspecified atom stereocenters. The van der Waals surface area contributed by atoms with E-state index in [4.69, 9.17) is 4.74 Å². The molecular weight excluding hydrogens is 386 g/mol. The Balaban J connectivity index is 1.69. The molecule has 3 aromatic rings.